The molecular weight excluding hydrogens is 190 g/mol. The van der Waals surface area contributed by atoms with Crippen molar-refractivity contribution >= 4 is 24.0 Å². The van der Waals surface area contributed by atoms with Crippen molar-refractivity contribution in [2.45, 2.75) is 9.79 Å². The van der Waals surface area contributed by atoms with Gasteiger partial charge in [-0.1, -0.05) is 0 Å². The SMILES string of the molecule is CN(C)Sc1ccc(SO)cc1. The number of rotatable bonds is 3. The molecule has 0 aromatic heterocycles. The van der Waals surface area contributed by atoms with E-state index in [9.17, 15) is 0 Å². The van der Waals surface area contributed by atoms with Crippen molar-refractivity contribution in [2.75, 3.05) is 14.1 Å². The molecule has 0 atom stereocenters. The fourth-order valence-corrected chi connectivity index (χ4v) is 1.71. The first-order chi connectivity index (χ1) is 5.72. The molecule has 2 nitrogen and oxygen atoms in total. The molecule has 0 saturated heterocycles. The van der Waals surface area contributed by atoms with Gasteiger partial charge in [0, 0.05) is 21.8 Å². The van der Waals surface area contributed by atoms with Crippen molar-refractivity contribution in [3.63, 3.8) is 0 Å². The zero-order valence-corrected chi connectivity index (χ0v) is 8.65. The van der Waals surface area contributed by atoms with Crippen molar-refractivity contribution in [1.29, 1.82) is 0 Å². The summed E-state index contributed by atoms with van der Waals surface area (Å²) in [6.07, 6.45) is 0. The van der Waals surface area contributed by atoms with Gasteiger partial charge in [0.15, 0.2) is 0 Å². The van der Waals surface area contributed by atoms with E-state index in [1.165, 1.54) is 4.90 Å². The summed E-state index contributed by atoms with van der Waals surface area (Å²) in [5.74, 6) is 0. The maximum atomic E-state index is 8.71. The highest BCUT2D eigenvalue weighted by atomic mass is 32.2. The van der Waals surface area contributed by atoms with Crippen LogP contribution in [0.25, 0.3) is 0 Å². The summed E-state index contributed by atoms with van der Waals surface area (Å²) in [4.78, 5) is 2.05. The van der Waals surface area contributed by atoms with Gasteiger partial charge in [-0.25, -0.2) is 0 Å². The summed E-state index contributed by atoms with van der Waals surface area (Å²) in [5.41, 5.74) is 0. The van der Waals surface area contributed by atoms with E-state index in [4.69, 9.17) is 4.55 Å². The Kier molecular flexibility index (Phi) is 3.94. The molecule has 0 aliphatic carbocycles. The van der Waals surface area contributed by atoms with E-state index < -0.39 is 0 Å². The van der Waals surface area contributed by atoms with Crippen LogP contribution in [-0.4, -0.2) is 23.0 Å². The van der Waals surface area contributed by atoms with Gasteiger partial charge in [0.2, 0.25) is 0 Å². The van der Waals surface area contributed by atoms with E-state index >= 15 is 0 Å². The Morgan fingerprint density at radius 1 is 1.08 bits per heavy atom. The van der Waals surface area contributed by atoms with Crippen molar-refractivity contribution in [2.24, 2.45) is 0 Å². The van der Waals surface area contributed by atoms with E-state index in [-0.39, 0.29) is 0 Å². The lowest BCUT2D eigenvalue weighted by atomic mass is 10.4. The molecule has 0 spiro atoms. The Balaban J connectivity index is 2.65. The predicted molar refractivity (Wildman–Crippen MR) is 54.5 cm³/mol. The minimum atomic E-state index is 0.774. The molecule has 0 unspecified atom stereocenters. The van der Waals surface area contributed by atoms with E-state index in [0.29, 0.717) is 0 Å². The van der Waals surface area contributed by atoms with Crippen LogP contribution in [-0.2, 0) is 0 Å². The van der Waals surface area contributed by atoms with Crippen LogP contribution >= 0.6 is 24.0 Å². The van der Waals surface area contributed by atoms with Crippen molar-refractivity contribution < 1.29 is 4.55 Å². The third kappa shape index (κ3) is 3.06. The quantitative estimate of drug-likeness (QED) is 0.600. The summed E-state index contributed by atoms with van der Waals surface area (Å²) >= 11 is 2.43. The number of nitrogens with zero attached hydrogens (tertiary/aromatic N) is 1. The van der Waals surface area contributed by atoms with Crippen LogP contribution in [0.5, 0.6) is 0 Å². The molecule has 0 aliphatic heterocycles. The Morgan fingerprint density at radius 2 is 1.58 bits per heavy atom. The summed E-state index contributed by atoms with van der Waals surface area (Å²) in [6, 6.07) is 7.78. The zero-order chi connectivity index (χ0) is 8.97. The molecule has 0 fully saturated rings. The minimum absolute atomic E-state index is 0.774. The first-order valence-corrected chi connectivity index (χ1v) is 5.04. The Bertz CT molecular complexity index is 235. The maximum absolute atomic E-state index is 8.71. The molecule has 0 radical (unpaired) electrons. The minimum Gasteiger partial charge on any atom is -0.325 e. The van der Waals surface area contributed by atoms with E-state index in [1.54, 1.807) is 11.9 Å². The van der Waals surface area contributed by atoms with Crippen molar-refractivity contribution in [1.82, 2.24) is 4.31 Å². The Hall–Kier alpha value is -0.160. The monoisotopic (exact) mass is 201 g/mol. The van der Waals surface area contributed by atoms with E-state index in [1.807, 2.05) is 42.7 Å². The molecule has 0 aliphatic rings. The van der Waals surface area contributed by atoms with Crippen molar-refractivity contribution in [3.05, 3.63) is 24.3 Å². The third-order valence-electron chi connectivity index (χ3n) is 1.22. The second-order valence-electron chi connectivity index (χ2n) is 2.47. The van der Waals surface area contributed by atoms with Crippen LogP contribution in [0.4, 0.5) is 0 Å². The maximum Gasteiger partial charge on any atom is 0.0351 e. The van der Waals surface area contributed by atoms with Crippen LogP contribution in [0.3, 0.4) is 0 Å². The molecule has 0 saturated carbocycles. The topological polar surface area (TPSA) is 23.5 Å². The van der Waals surface area contributed by atoms with E-state index in [0.717, 1.165) is 16.9 Å². The number of hydrogen-bond donors (Lipinski definition) is 1. The normalized spacial score (nSPS) is 10.7. The van der Waals surface area contributed by atoms with Gasteiger partial charge in [-0.3, -0.25) is 4.31 Å². The molecule has 66 valence electrons. The lowest BCUT2D eigenvalue weighted by molar-refractivity contribution is 0.663. The molecule has 1 aromatic carbocycles. The van der Waals surface area contributed by atoms with Gasteiger partial charge in [0.1, 0.15) is 0 Å². The van der Waals surface area contributed by atoms with Gasteiger partial charge in [-0.2, -0.15) is 0 Å². The van der Waals surface area contributed by atoms with Gasteiger partial charge in [-0.05, 0) is 50.3 Å². The van der Waals surface area contributed by atoms with Crippen molar-refractivity contribution in [3.8, 4) is 0 Å². The fourth-order valence-electron chi connectivity index (χ4n) is 0.772. The second kappa shape index (κ2) is 4.77. The molecule has 4 heteroatoms. The molecular formula is C8H11NOS2. The number of hydrogen-bond acceptors (Lipinski definition) is 4. The van der Waals surface area contributed by atoms with Crippen LogP contribution in [0.15, 0.2) is 34.1 Å². The van der Waals surface area contributed by atoms with Crippen LogP contribution in [0, 0.1) is 0 Å². The zero-order valence-electron chi connectivity index (χ0n) is 7.02. The second-order valence-corrected chi connectivity index (χ2v) is 4.50. The molecule has 1 rings (SSSR count). The van der Waals surface area contributed by atoms with Gasteiger partial charge in [0.05, 0.1) is 0 Å². The highest BCUT2D eigenvalue weighted by Gasteiger charge is 1.96. The Morgan fingerprint density at radius 3 is 2.00 bits per heavy atom. The van der Waals surface area contributed by atoms with Crippen LogP contribution in [0.2, 0.25) is 0 Å². The molecule has 12 heavy (non-hydrogen) atoms. The average molecular weight is 201 g/mol. The summed E-state index contributed by atoms with van der Waals surface area (Å²) in [7, 11) is 4.00. The standard InChI is InChI=1S/C8H11NOS2/c1-9(2)11-7-3-5-8(12-10)6-4-7/h3-6,10H,1-2H3. The first-order valence-electron chi connectivity index (χ1n) is 3.49. The highest BCUT2D eigenvalue weighted by Crippen LogP contribution is 2.22. The largest absolute Gasteiger partial charge is 0.325 e. The molecule has 0 amide bonds. The first kappa shape index (κ1) is 9.92. The molecule has 1 aromatic rings. The van der Waals surface area contributed by atoms with Gasteiger partial charge in [-0.15, -0.1) is 0 Å². The molecule has 0 heterocycles. The predicted octanol–water partition coefficient (Wildman–Crippen LogP) is 2.82. The van der Waals surface area contributed by atoms with Crippen LogP contribution < -0.4 is 0 Å². The lowest BCUT2D eigenvalue weighted by Crippen LogP contribution is -1.98. The Labute approximate surface area is 81.3 Å². The van der Waals surface area contributed by atoms with E-state index in [2.05, 4.69) is 0 Å². The molecule has 1 N–H and O–H groups in total. The smallest absolute Gasteiger partial charge is 0.0351 e. The molecule has 0 bridgehead atoms. The summed E-state index contributed by atoms with van der Waals surface area (Å²) in [6.45, 7) is 0. The van der Waals surface area contributed by atoms with Gasteiger partial charge >= 0.3 is 0 Å². The average Bonchev–Trinajstić information content (AvgIpc) is 2.05. The summed E-state index contributed by atoms with van der Waals surface area (Å²) in [5, 5.41) is 0. The lowest BCUT2D eigenvalue weighted by Gasteiger charge is -2.07. The van der Waals surface area contributed by atoms with Gasteiger partial charge < -0.3 is 4.55 Å². The highest BCUT2D eigenvalue weighted by molar-refractivity contribution is 7.97. The fraction of sp³-hybridized carbons (Fsp3) is 0.250. The van der Waals surface area contributed by atoms with Crippen LogP contribution in [0.1, 0.15) is 0 Å². The van der Waals surface area contributed by atoms with Gasteiger partial charge in [0.25, 0.3) is 0 Å². The number of benzene rings is 1. The summed E-state index contributed by atoms with van der Waals surface area (Å²) < 4.78 is 10.7. The third-order valence-corrected chi connectivity index (χ3v) is 2.55.